The van der Waals surface area contributed by atoms with E-state index in [0.717, 1.165) is 57.4 Å². The van der Waals surface area contributed by atoms with E-state index in [2.05, 4.69) is 10.8 Å². The van der Waals surface area contributed by atoms with Crippen molar-refractivity contribution >= 4 is 5.91 Å². The summed E-state index contributed by atoms with van der Waals surface area (Å²) in [4.78, 5) is 17.0. The molecular weight excluding hydrogens is 312 g/mol. The largest absolute Gasteiger partial charge is 0.388 e. The van der Waals surface area contributed by atoms with Gasteiger partial charge in [0.05, 0.1) is 12.6 Å². The molecule has 2 fully saturated rings. The normalized spacial score (nSPS) is 21.7. The van der Waals surface area contributed by atoms with E-state index in [1.165, 1.54) is 0 Å². The second-order valence-corrected chi connectivity index (χ2v) is 7.27. The Balaban J connectivity index is 1.47. The van der Waals surface area contributed by atoms with E-state index in [-0.39, 0.29) is 11.8 Å². The highest BCUT2D eigenvalue weighted by Crippen LogP contribution is 2.31. The van der Waals surface area contributed by atoms with Crippen molar-refractivity contribution in [2.45, 2.75) is 31.8 Å². The molecular formula is C21H28N2O2. The van der Waals surface area contributed by atoms with Crippen molar-refractivity contribution in [3.05, 3.63) is 35.9 Å². The van der Waals surface area contributed by atoms with Crippen LogP contribution in [0.15, 0.2) is 30.3 Å². The Kier molecular flexibility index (Phi) is 6.12. The summed E-state index contributed by atoms with van der Waals surface area (Å²) in [6, 6.07) is 9.85. The summed E-state index contributed by atoms with van der Waals surface area (Å²) in [5.74, 6) is 3.36. The van der Waals surface area contributed by atoms with E-state index in [9.17, 15) is 9.90 Å². The fourth-order valence-electron chi connectivity index (χ4n) is 4.08. The van der Waals surface area contributed by atoms with Gasteiger partial charge in [-0.05, 0) is 50.3 Å². The summed E-state index contributed by atoms with van der Waals surface area (Å²) in [5, 5.41) is 10.6. The Bertz CT molecular complexity index is 594. The van der Waals surface area contributed by atoms with Crippen LogP contribution in [0.3, 0.4) is 0 Å². The topological polar surface area (TPSA) is 43.8 Å². The summed E-state index contributed by atoms with van der Waals surface area (Å²) in [6.07, 6.45) is 8.50. The molecule has 0 aromatic heterocycles. The molecule has 1 unspecified atom stereocenters. The van der Waals surface area contributed by atoms with Crippen molar-refractivity contribution in [3.8, 4) is 12.3 Å². The van der Waals surface area contributed by atoms with Gasteiger partial charge in [0.1, 0.15) is 0 Å². The number of hydrogen-bond donors (Lipinski definition) is 1. The minimum atomic E-state index is -0.426. The molecule has 0 spiro atoms. The summed E-state index contributed by atoms with van der Waals surface area (Å²) < 4.78 is 0. The minimum Gasteiger partial charge on any atom is -0.388 e. The van der Waals surface area contributed by atoms with Crippen LogP contribution in [-0.4, -0.2) is 53.5 Å². The van der Waals surface area contributed by atoms with Crippen LogP contribution in [0.25, 0.3) is 0 Å². The number of hydrogen-bond acceptors (Lipinski definition) is 3. The number of rotatable bonds is 4. The molecule has 0 radical (unpaired) electrons. The lowest BCUT2D eigenvalue weighted by molar-refractivity contribution is -0.139. The maximum Gasteiger partial charge on any atom is 0.225 e. The van der Waals surface area contributed by atoms with Crippen molar-refractivity contribution in [1.29, 1.82) is 0 Å². The molecule has 1 N–H and O–H groups in total. The van der Waals surface area contributed by atoms with Crippen molar-refractivity contribution < 1.29 is 9.90 Å². The van der Waals surface area contributed by atoms with Crippen LogP contribution in [-0.2, 0) is 4.79 Å². The van der Waals surface area contributed by atoms with Crippen LogP contribution in [0.4, 0.5) is 0 Å². The number of terminal acetylenes is 1. The first-order valence-corrected chi connectivity index (χ1v) is 9.36. The van der Waals surface area contributed by atoms with Gasteiger partial charge in [0.25, 0.3) is 0 Å². The molecule has 1 amide bonds. The van der Waals surface area contributed by atoms with E-state index in [0.29, 0.717) is 12.5 Å². The maximum atomic E-state index is 12.8. The highest BCUT2D eigenvalue weighted by atomic mass is 16.3. The van der Waals surface area contributed by atoms with Crippen LogP contribution in [0.5, 0.6) is 0 Å². The number of aliphatic hydroxyl groups excluding tert-OH is 1. The maximum absolute atomic E-state index is 12.8. The van der Waals surface area contributed by atoms with Gasteiger partial charge >= 0.3 is 0 Å². The SMILES string of the molecule is C#CCN1CCC(C(=O)N2CCC(C(O)c3ccccc3)CC2)CC1. The smallest absolute Gasteiger partial charge is 0.225 e. The lowest BCUT2D eigenvalue weighted by atomic mass is 9.86. The third-order valence-electron chi connectivity index (χ3n) is 5.69. The summed E-state index contributed by atoms with van der Waals surface area (Å²) >= 11 is 0. The van der Waals surface area contributed by atoms with Gasteiger partial charge in [-0.2, -0.15) is 0 Å². The number of benzene rings is 1. The van der Waals surface area contributed by atoms with Gasteiger partial charge in [0, 0.05) is 19.0 Å². The van der Waals surface area contributed by atoms with E-state index in [1.54, 1.807) is 0 Å². The number of aliphatic hydroxyl groups is 1. The molecule has 1 atom stereocenters. The molecule has 2 aliphatic heterocycles. The first-order valence-electron chi connectivity index (χ1n) is 9.36. The summed E-state index contributed by atoms with van der Waals surface area (Å²) in [5.41, 5.74) is 0.980. The zero-order valence-corrected chi connectivity index (χ0v) is 14.8. The van der Waals surface area contributed by atoms with Gasteiger partial charge < -0.3 is 10.0 Å². The van der Waals surface area contributed by atoms with Gasteiger partial charge in [-0.1, -0.05) is 36.3 Å². The minimum absolute atomic E-state index is 0.143. The Morgan fingerprint density at radius 2 is 1.76 bits per heavy atom. The van der Waals surface area contributed by atoms with Crippen molar-refractivity contribution in [2.24, 2.45) is 11.8 Å². The van der Waals surface area contributed by atoms with Crippen LogP contribution < -0.4 is 0 Å². The van der Waals surface area contributed by atoms with Crippen LogP contribution >= 0.6 is 0 Å². The molecule has 0 bridgehead atoms. The quantitative estimate of drug-likeness (QED) is 0.856. The standard InChI is InChI=1S/C21H28N2O2/c1-2-12-22-13-8-19(9-14-22)21(25)23-15-10-18(11-16-23)20(24)17-6-4-3-5-7-17/h1,3-7,18-20,24H,8-16H2. The van der Waals surface area contributed by atoms with Crippen molar-refractivity contribution in [1.82, 2.24) is 9.80 Å². The number of amides is 1. The molecule has 134 valence electrons. The monoisotopic (exact) mass is 340 g/mol. The van der Waals surface area contributed by atoms with Gasteiger partial charge in [-0.3, -0.25) is 9.69 Å². The molecule has 2 heterocycles. The molecule has 4 heteroatoms. The van der Waals surface area contributed by atoms with Crippen LogP contribution in [0.1, 0.15) is 37.4 Å². The van der Waals surface area contributed by atoms with Crippen LogP contribution in [0, 0.1) is 24.2 Å². The number of nitrogens with zero attached hydrogens (tertiary/aromatic N) is 2. The van der Waals surface area contributed by atoms with E-state index >= 15 is 0 Å². The predicted molar refractivity (Wildman–Crippen MR) is 98.7 cm³/mol. The molecule has 0 aliphatic carbocycles. The summed E-state index contributed by atoms with van der Waals surface area (Å²) in [7, 11) is 0. The Morgan fingerprint density at radius 3 is 2.36 bits per heavy atom. The molecule has 1 aromatic rings. The second kappa shape index (κ2) is 8.51. The number of carbonyl (C=O) groups is 1. The van der Waals surface area contributed by atoms with Gasteiger partial charge in [-0.15, -0.1) is 6.42 Å². The summed E-state index contributed by atoms with van der Waals surface area (Å²) in [6.45, 7) is 4.05. The van der Waals surface area contributed by atoms with E-state index in [4.69, 9.17) is 6.42 Å². The van der Waals surface area contributed by atoms with Crippen LogP contribution in [0.2, 0.25) is 0 Å². The highest BCUT2D eigenvalue weighted by Gasteiger charge is 2.32. The Morgan fingerprint density at radius 1 is 1.12 bits per heavy atom. The number of likely N-dealkylation sites (tertiary alicyclic amines) is 2. The lowest BCUT2D eigenvalue weighted by Crippen LogP contribution is -2.46. The second-order valence-electron chi connectivity index (χ2n) is 7.27. The lowest BCUT2D eigenvalue weighted by Gasteiger charge is -2.38. The molecule has 25 heavy (non-hydrogen) atoms. The molecule has 4 nitrogen and oxygen atoms in total. The molecule has 2 saturated heterocycles. The molecule has 0 saturated carbocycles. The van der Waals surface area contributed by atoms with Gasteiger partial charge in [-0.25, -0.2) is 0 Å². The highest BCUT2D eigenvalue weighted by molar-refractivity contribution is 5.79. The zero-order valence-electron chi connectivity index (χ0n) is 14.8. The van der Waals surface area contributed by atoms with Crippen molar-refractivity contribution in [3.63, 3.8) is 0 Å². The van der Waals surface area contributed by atoms with Crippen molar-refractivity contribution in [2.75, 3.05) is 32.7 Å². The van der Waals surface area contributed by atoms with Gasteiger partial charge in [0.2, 0.25) is 5.91 Å². The predicted octanol–water partition coefficient (Wildman–Crippen LogP) is 2.30. The molecule has 1 aromatic carbocycles. The average molecular weight is 340 g/mol. The Labute approximate surface area is 150 Å². The molecule has 3 rings (SSSR count). The molecule has 2 aliphatic rings. The first kappa shape index (κ1) is 18.0. The fraction of sp³-hybridized carbons (Fsp3) is 0.571. The third kappa shape index (κ3) is 4.42. The van der Waals surface area contributed by atoms with E-state index in [1.807, 2.05) is 35.2 Å². The zero-order chi connectivity index (χ0) is 17.6. The third-order valence-corrected chi connectivity index (χ3v) is 5.69. The Hall–Kier alpha value is -1.83. The number of piperidine rings is 2. The fourth-order valence-corrected chi connectivity index (χ4v) is 4.08. The van der Waals surface area contributed by atoms with E-state index < -0.39 is 6.10 Å². The number of carbonyl (C=O) groups excluding carboxylic acids is 1. The van der Waals surface area contributed by atoms with Gasteiger partial charge in [0.15, 0.2) is 0 Å². The average Bonchev–Trinajstić information content (AvgIpc) is 2.68. The first-order chi connectivity index (χ1) is 12.2.